The maximum Gasteiger partial charge on any atom is 1.00 e. The Kier molecular flexibility index (Phi) is 31.1. The molecule has 3 aromatic heterocycles. The van der Waals surface area contributed by atoms with Crippen LogP contribution in [0.1, 0.15) is 142 Å². The van der Waals surface area contributed by atoms with Crippen LogP contribution < -0.4 is 18.9 Å². The number of hydrogen-bond acceptors (Lipinski definition) is 11. The number of aldehydes is 1. The first-order valence-corrected chi connectivity index (χ1v) is 25.1. The number of ketones is 1. The maximum absolute atomic E-state index is 11.0. The summed E-state index contributed by atoms with van der Waals surface area (Å²) in [6, 6.07) is 27.1. The van der Waals surface area contributed by atoms with Gasteiger partial charge in [-0.3, -0.25) is 9.59 Å². The Labute approximate surface area is 459 Å². The van der Waals surface area contributed by atoms with Gasteiger partial charge in [-0.15, -0.1) is 34.0 Å². The minimum Gasteiger partial charge on any atom is -0.381 e. The summed E-state index contributed by atoms with van der Waals surface area (Å²) in [4.78, 5) is 27.5. The van der Waals surface area contributed by atoms with Gasteiger partial charge in [0, 0.05) is 50.9 Å². The third kappa shape index (κ3) is 19.6. The normalized spacial score (nSPS) is 14.5. The molecule has 2 N–H and O–H groups in total. The molecular formula is C53H67BrCl3LiO8S3. The fourth-order valence-corrected chi connectivity index (χ4v) is 10.6. The number of Topliss-reactive ketones (excluding diaryl/α,β-unsaturated/α-hetero) is 1. The zero-order chi connectivity index (χ0) is 47.9. The van der Waals surface area contributed by atoms with Crippen LogP contribution in [0, 0.1) is 27.7 Å². The molecule has 2 aliphatic rings. The topological polar surface area (TPSA) is 112 Å². The van der Waals surface area contributed by atoms with Crippen molar-refractivity contribution in [3.63, 3.8) is 0 Å². The molecule has 0 radical (unpaired) electrons. The maximum atomic E-state index is 11.0. The molecule has 374 valence electrons. The molecule has 0 saturated carbocycles. The number of carbonyl (C=O) groups is 2. The molecule has 2 unspecified atom stereocenters. The fourth-order valence-electron chi connectivity index (χ4n) is 6.40. The van der Waals surface area contributed by atoms with Crippen LogP contribution in [-0.2, 0) is 30.1 Å². The van der Waals surface area contributed by atoms with Gasteiger partial charge in [-0.05, 0) is 123 Å². The van der Waals surface area contributed by atoms with Crippen molar-refractivity contribution in [1.82, 2.24) is 0 Å². The molecule has 0 amide bonds. The summed E-state index contributed by atoms with van der Waals surface area (Å²) in [6.45, 7) is 19.3. The number of halogens is 4. The largest absolute Gasteiger partial charge is 1.00 e. The SMILES string of the molecule is C.C.C.CC(=O)c1cccc(Cl)c1.Cc1sc(C2OCCO2)cc1Br.Cc1sc(C2OCCO2)cc1C(C)(O)c1cccc(Cl)c1.Cc1sc(C=O)cc1C(C)(O)c1cccc(Cl)c1.[CH2-]CCC.[Li+]. The molecule has 2 saturated heterocycles. The Morgan fingerprint density at radius 1 is 0.696 bits per heavy atom. The van der Waals surface area contributed by atoms with Crippen molar-refractivity contribution in [2.45, 2.75) is 107 Å². The number of carbonyl (C=O) groups excluding carboxylic acids is 2. The van der Waals surface area contributed by atoms with E-state index < -0.39 is 11.2 Å². The fraction of sp³-hybridized carbons (Fsp3) is 0.377. The van der Waals surface area contributed by atoms with Crippen molar-refractivity contribution in [3.05, 3.63) is 175 Å². The summed E-state index contributed by atoms with van der Waals surface area (Å²) in [5.41, 5.74) is 1.52. The Hall–Kier alpha value is -2.19. The van der Waals surface area contributed by atoms with Crippen LogP contribution >= 0.6 is 84.7 Å². The summed E-state index contributed by atoms with van der Waals surface area (Å²) in [6.07, 6.45) is 2.65. The van der Waals surface area contributed by atoms with Crippen LogP contribution in [0.2, 0.25) is 15.1 Å². The molecule has 2 aliphatic heterocycles. The summed E-state index contributed by atoms with van der Waals surface area (Å²) >= 11 is 25.8. The van der Waals surface area contributed by atoms with E-state index in [9.17, 15) is 19.8 Å². The van der Waals surface area contributed by atoms with E-state index in [1.165, 1.54) is 29.6 Å². The second-order valence-electron chi connectivity index (χ2n) is 15.1. The average molecular weight is 1120 g/mol. The van der Waals surface area contributed by atoms with Crippen LogP contribution in [0.5, 0.6) is 0 Å². The van der Waals surface area contributed by atoms with Gasteiger partial charge in [0.2, 0.25) is 0 Å². The van der Waals surface area contributed by atoms with Crippen LogP contribution in [0.15, 0.2) is 95.5 Å². The predicted molar refractivity (Wildman–Crippen MR) is 292 cm³/mol. The van der Waals surface area contributed by atoms with Crippen molar-refractivity contribution >= 4 is 96.8 Å². The summed E-state index contributed by atoms with van der Waals surface area (Å²) in [5.74, 6) is 0.0440. The first-order valence-electron chi connectivity index (χ1n) is 20.7. The van der Waals surface area contributed by atoms with Gasteiger partial charge < -0.3 is 36.1 Å². The Bertz CT molecular complexity index is 2440. The van der Waals surface area contributed by atoms with E-state index in [1.54, 1.807) is 97.2 Å². The second-order valence-corrected chi connectivity index (χ2v) is 21.2. The predicted octanol–water partition coefficient (Wildman–Crippen LogP) is 13.7. The first kappa shape index (κ1) is 66.8. The summed E-state index contributed by atoms with van der Waals surface area (Å²) < 4.78 is 23.0. The van der Waals surface area contributed by atoms with E-state index in [-0.39, 0.29) is 59.5 Å². The second kappa shape index (κ2) is 32.1. The van der Waals surface area contributed by atoms with Crippen LogP contribution in [0.3, 0.4) is 0 Å². The Morgan fingerprint density at radius 3 is 1.43 bits per heavy atom. The Balaban J connectivity index is 0.000000881. The standard InChI is InChI=1S/C16H17ClO3S.C14H13ClO2S.C8H9BrO2S.C8H7ClO.C4H9.3CH4.Li/c1-10-13(9-14(21-10)15-19-6-7-20-15)16(2,18)11-4-3-5-12(17)8-11;1-9-13(7-12(8-16)18-9)14(2,17)10-4-3-5-11(15)6-10;1-5-6(9)4-7(12-5)8-10-2-3-11-8;1-6(10)7-3-2-4-8(9)5-7;1-3-4-2;;;;/h3-5,8-9,15,18H,6-7H2,1-2H3;3-8,17H,1-2H3;4,8H,2-3H2,1H3;2-5H,1H3;1,3-4H2,2H3;3*1H4;/q;;;;-1;;;;+1. The summed E-state index contributed by atoms with van der Waals surface area (Å²) in [5, 5.41) is 23.5. The molecule has 8 rings (SSSR count). The quantitative estimate of drug-likeness (QED) is 0.0637. The van der Waals surface area contributed by atoms with Gasteiger partial charge in [0.15, 0.2) is 24.6 Å². The number of thiophene rings is 3. The van der Waals surface area contributed by atoms with E-state index >= 15 is 0 Å². The third-order valence-electron chi connectivity index (χ3n) is 9.98. The molecule has 2 atom stereocenters. The van der Waals surface area contributed by atoms with Gasteiger partial charge in [-0.1, -0.05) is 107 Å². The molecule has 5 heterocycles. The van der Waals surface area contributed by atoms with E-state index in [0.29, 0.717) is 57.5 Å². The van der Waals surface area contributed by atoms with Crippen molar-refractivity contribution in [1.29, 1.82) is 0 Å². The number of aryl methyl sites for hydroxylation is 3. The zero-order valence-corrected chi connectivity index (χ0v) is 44.7. The number of benzene rings is 3. The first-order chi connectivity index (χ1) is 30.8. The number of hydrogen-bond donors (Lipinski definition) is 2. The molecule has 0 bridgehead atoms. The molecule has 16 heteroatoms. The van der Waals surface area contributed by atoms with E-state index in [1.807, 2.05) is 38.1 Å². The molecule has 69 heavy (non-hydrogen) atoms. The van der Waals surface area contributed by atoms with E-state index in [0.717, 1.165) is 53.4 Å². The average Bonchev–Trinajstić information content (AvgIpc) is 4.14. The minimum atomic E-state index is -1.15. The molecule has 0 aliphatic carbocycles. The van der Waals surface area contributed by atoms with Gasteiger partial charge >= 0.3 is 18.9 Å². The molecule has 6 aromatic rings. The molecule has 8 nitrogen and oxygen atoms in total. The van der Waals surface area contributed by atoms with Crippen LogP contribution in [0.25, 0.3) is 0 Å². The number of ether oxygens (including phenoxy) is 4. The minimum absolute atomic E-state index is 0. The monoisotopic (exact) mass is 1120 g/mol. The van der Waals surface area contributed by atoms with E-state index in [4.69, 9.17) is 53.8 Å². The molecule has 0 spiro atoms. The van der Waals surface area contributed by atoms with Gasteiger partial charge in [0.25, 0.3) is 0 Å². The number of unbranched alkanes of at least 4 members (excludes halogenated alkanes) is 1. The van der Waals surface area contributed by atoms with Crippen molar-refractivity contribution in [3.8, 4) is 0 Å². The van der Waals surface area contributed by atoms with Gasteiger partial charge in [-0.2, -0.15) is 6.42 Å². The smallest absolute Gasteiger partial charge is 0.381 e. The number of aliphatic hydroxyl groups is 2. The summed E-state index contributed by atoms with van der Waals surface area (Å²) in [7, 11) is 0. The van der Waals surface area contributed by atoms with Crippen molar-refractivity contribution in [2.75, 3.05) is 26.4 Å². The molecular weight excluding hydrogens is 1050 g/mol. The molecule has 3 aromatic carbocycles. The van der Waals surface area contributed by atoms with Crippen LogP contribution in [0.4, 0.5) is 0 Å². The van der Waals surface area contributed by atoms with Gasteiger partial charge in [0.05, 0.1) is 41.1 Å². The third-order valence-corrected chi connectivity index (χ3v) is 14.9. The van der Waals surface area contributed by atoms with Crippen LogP contribution in [-0.4, -0.2) is 48.7 Å². The van der Waals surface area contributed by atoms with Crippen molar-refractivity contribution in [2.24, 2.45) is 0 Å². The van der Waals surface area contributed by atoms with Gasteiger partial charge in [0.1, 0.15) is 11.2 Å². The van der Waals surface area contributed by atoms with E-state index in [2.05, 4.69) is 42.8 Å². The van der Waals surface area contributed by atoms with Gasteiger partial charge in [-0.25, -0.2) is 0 Å². The number of rotatable bonds is 9. The molecule has 2 fully saturated rings. The Morgan fingerprint density at radius 2 is 1.09 bits per heavy atom. The van der Waals surface area contributed by atoms with Crippen molar-refractivity contribution < 1.29 is 57.6 Å². The zero-order valence-electron chi connectivity index (χ0n) is 38.4.